The molecule has 0 radical (unpaired) electrons. The first-order valence-corrected chi connectivity index (χ1v) is 5.89. The summed E-state index contributed by atoms with van der Waals surface area (Å²) >= 11 is 6.04. The van der Waals surface area contributed by atoms with Gasteiger partial charge >= 0.3 is 0 Å². The smallest absolute Gasteiger partial charge is 0.225 e. The summed E-state index contributed by atoms with van der Waals surface area (Å²) < 4.78 is 5.36. The van der Waals surface area contributed by atoms with Crippen LogP contribution in [0.3, 0.4) is 0 Å². The summed E-state index contributed by atoms with van der Waals surface area (Å²) in [6, 6.07) is 3.50. The lowest BCUT2D eigenvalue weighted by atomic mass is 10.2. The highest BCUT2D eigenvalue weighted by Crippen LogP contribution is 2.30. The lowest BCUT2D eigenvalue weighted by Crippen LogP contribution is -2.16. The van der Waals surface area contributed by atoms with Gasteiger partial charge in [-0.2, -0.15) is 0 Å². The maximum absolute atomic E-state index is 11.4. The van der Waals surface area contributed by atoms with Crippen molar-refractivity contribution in [2.45, 2.75) is 20.3 Å². The summed E-state index contributed by atoms with van der Waals surface area (Å²) in [5.41, 5.74) is 6.91. The number of hydrogen-bond acceptors (Lipinski definition) is 3. The molecule has 5 heteroatoms. The third-order valence-corrected chi connectivity index (χ3v) is 2.52. The van der Waals surface area contributed by atoms with Gasteiger partial charge in [-0.25, -0.2) is 0 Å². The summed E-state index contributed by atoms with van der Waals surface area (Å²) in [5.74, 6) is 0.513. The number of halogens is 1. The van der Waals surface area contributed by atoms with Crippen molar-refractivity contribution in [3.63, 3.8) is 0 Å². The fourth-order valence-electron chi connectivity index (χ4n) is 1.40. The van der Waals surface area contributed by atoms with Gasteiger partial charge in [0.05, 0.1) is 11.6 Å². The minimum Gasteiger partial charge on any atom is -0.492 e. The monoisotopic (exact) mass is 256 g/mol. The molecule has 0 aromatic heterocycles. The fourth-order valence-corrected chi connectivity index (χ4v) is 1.62. The van der Waals surface area contributed by atoms with Crippen LogP contribution < -0.4 is 15.8 Å². The molecule has 0 unspecified atom stereocenters. The number of nitrogens with one attached hydrogen (secondary N) is 1. The summed E-state index contributed by atoms with van der Waals surface area (Å²) in [6.07, 6.45) is 0.296. The first-order chi connectivity index (χ1) is 8.08. The molecule has 1 aromatic carbocycles. The lowest BCUT2D eigenvalue weighted by Gasteiger charge is -2.12. The van der Waals surface area contributed by atoms with E-state index in [-0.39, 0.29) is 5.91 Å². The Balaban J connectivity index is 2.87. The van der Waals surface area contributed by atoms with Crippen molar-refractivity contribution in [1.82, 2.24) is 0 Å². The largest absolute Gasteiger partial charge is 0.492 e. The molecular formula is C12H17ClN2O2. The average molecular weight is 257 g/mol. The number of amides is 1. The number of nitrogens with two attached hydrogens (primary N) is 1. The van der Waals surface area contributed by atoms with E-state index >= 15 is 0 Å². The van der Waals surface area contributed by atoms with E-state index in [0.717, 1.165) is 5.56 Å². The number of hydrogen-bond donors (Lipinski definition) is 2. The SMILES string of the molecule is CCOc1cc(C)c(NC(=O)CCN)cc1Cl. The summed E-state index contributed by atoms with van der Waals surface area (Å²) in [5, 5.41) is 3.25. The van der Waals surface area contributed by atoms with Crippen LogP contribution in [-0.2, 0) is 4.79 Å². The van der Waals surface area contributed by atoms with Gasteiger partial charge in [-0.1, -0.05) is 11.6 Å². The fraction of sp³-hybridized carbons (Fsp3) is 0.417. The van der Waals surface area contributed by atoms with Crippen LogP contribution in [0.4, 0.5) is 5.69 Å². The first kappa shape index (κ1) is 13.8. The van der Waals surface area contributed by atoms with Gasteiger partial charge < -0.3 is 15.8 Å². The summed E-state index contributed by atoms with van der Waals surface area (Å²) in [7, 11) is 0. The minimum atomic E-state index is -0.115. The van der Waals surface area contributed by atoms with Crippen molar-refractivity contribution in [1.29, 1.82) is 0 Å². The molecule has 1 amide bonds. The molecule has 0 aliphatic rings. The molecule has 1 rings (SSSR count). The third kappa shape index (κ3) is 3.91. The number of rotatable bonds is 5. The maximum atomic E-state index is 11.4. The van der Waals surface area contributed by atoms with Crippen LogP contribution in [0.5, 0.6) is 5.75 Å². The second-order valence-corrected chi connectivity index (χ2v) is 4.02. The summed E-state index contributed by atoms with van der Waals surface area (Å²) in [4.78, 5) is 11.4. The van der Waals surface area contributed by atoms with Gasteiger partial charge in [0.1, 0.15) is 5.75 Å². The number of carbonyl (C=O) groups is 1. The number of anilines is 1. The minimum absolute atomic E-state index is 0.115. The Morgan fingerprint density at radius 3 is 2.82 bits per heavy atom. The van der Waals surface area contributed by atoms with E-state index in [9.17, 15) is 4.79 Å². The molecule has 0 saturated heterocycles. The highest BCUT2D eigenvalue weighted by atomic mass is 35.5. The van der Waals surface area contributed by atoms with E-state index in [1.807, 2.05) is 19.9 Å². The van der Waals surface area contributed by atoms with E-state index in [2.05, 4.69) is 5.32 Å². The molecule has 0 spiro atoms. The average Bonchev–Trinajstić information content (AvgIpc) is 2.26. The standard InChI is InChI=1S/C12H17ClN2O2/c1-3-17-11-6-8(2)10(7-9(11)13)15-12(16)4-5-14/h6-7H,3-5,14H2,1-2H3,(H,15,16). The van der Waals surface area contributed by atoms with E-state index < -0.39 is 0 Å². The highest BCUT2D eigenvalue weighted by Gasteiger charge is 2.09. The first-order valence-electron chi connectivity index (χ1n) is 5.51. The van der Waals surface area contributed by atoms with Crippen molar-refractivity contribution in [2.75, 3.05) is 18.5 Å². The van der Waals surface area contributed by atoms with Crippen LogP contribution in [0.2, 0.25) is 5.02 Å². The molecule has 17 heavy (non-hydrogen) atoms. The summed E-state index contributed by atoms with van der Waals surface area (Å²) in [6.45, 7) is 4.66. The van der Waals surface area contributed by atoms with Gasteiger partial charge in [0.2, 0.25) is 5.91 Å². The molecule has 0 saturated carbocycles. The Morgan fingerprint density at radius 2 is 2.24 bits per heavy atom. The van der Waals surface area contributed by atoms with Gasteiger partial charge in [0, 0.05) is 18.7 Å². The molecule has 0 atom stereocenters. The number of ether oxygens (including phenoxy) is 1. The van der Waals surface area contributed by atoms with Crippen LogP contribution in [0.25, 0.3) is 0 Å². The van der Waals surface area contributed by atoms with Crippen LogP contribution >= 0.6 is 11.6 Å². The zero-order valence-corrected chi connectivity index (χ0v) is 10.8. The Bertz CT molecular complexity index is 408. The van der Waals surface area contributed by atoms with Crippen LogP contribution in [-0.4, -0.2) is 19.1 Å². The molecule has 0 aliphatic carbocycles. The van der Waals surface area contributed by atoms with Gasteiger partial charge in [0.25, 0.3) is 0 Å². The van der Waals surface area contributed by atoms with E-state index in [4.69, 9.17) is 22.1 Å². The van der Waals surface area contributed by atoms with Crippen LogP contribution in [0.1, 0.15) is 18.9 Å². The van der Waals surface area contributed by atoms with Crippen molar-refractivity contribution < 1.29 is 9.53 Å². The van der Waals surface area contributed by atoms with Crippen LogP contribution in [0, 0.1) is 6.92 Å². The molecule has 1 aromatic rings. The predicted molar refractivity (Wildman–Crippen MR) is 69.7 cm³/mol. The molecule has 0 heterocycles. The Hall–Kier alpha value is -1.26. The molecule has 0 bridgehead atoms. The maximum Gasteiger partial charge on any atom is 0.225 e. The van der Waals surface area contributed by atoms with Gasteiger partial charge in [-0.15, -0.1) is 0 Å². The molecule has 3 N–H and O–H groups in total. The Kier molecular flexibility index (Phi) is 5.25. The van der Waals surface area contributed by atoms with Crippen molar-refractivity contribution in [3.8, 4) is 5.75 Å². The molecule has 0 fully saturated rings. The van der Waals surface area contributed by atoms with E-state index in [1.165, 1.54) is 0 Å². The van der Waals surface area contributed by atoms with Crippen molar-refractivity contribution >= 4 is 23.2 Å². The number of aryl methyl sites for hydroxylation is 1. The zero-order chi connectivity index (χ0) is 12.8. The van der Waals surface area contributed by atoms with Gasteiger partial charge in [0.15, 0.2) is 0 Å². The molecule has 94 valence electrons. The number of carbonyl (C=O) groups excluding carboxylic acids is 1. The highest BCUT2D eigenvalue weighted by molar-refractivity contribution is 6.32. The topological polar surface area (TPSA) is 64.3 Å². The van der Waals surface area contributed by atoms with Gasteiger partial charge in [-0.3, -0.25) is 4.79 Å². The van der Waals surface area contributed by atoms with Crippen molar-refractivity contribution in [2.24, 2.45) is 5.73 Å². The Labute approximate surface area is 106 Å². The van der Waals surface area contributed by atoms with Crippen LogP contribution in [0.15, 0.2) is 12.1 Å². The molecule has 4 nitrogen and oxygen atoms in total. The normalized spacial score (nSPS) is 10.1. The predicted octanol–water partition coefficient (Wildman–Crippen LogP) is 2.33. The van der Waals surface area contributed by atoms with E-state index in [1.54, 1.807) is 6.07 Å². The second kappa shape index (κ2) is 6.47. The molecule has 0 aliphatic heterocycles. The zero-order valence-electron chi connectivity index (χ0n) is 10.0. The molecular weight excluding hydrogens is 240 g/mol. The Morgan fingerprint density at radius 1 is 1.53 bits per heavy atom. The second-order valence-electron chi connectivity index (χ2n) is 3.62. The third-order valence-electron chi connectivity index (χ3n) is 2.22. The van der Waals surface area contributed by atoms with E-state index in [0.29, 0.717) is 36.0 Å². The van der Waals surface area contributed by atoms with Gasteiger partial charge in [-0.05, 0) is 31.5 Å². The lowest BCUT2D eigenvalue weighted by molar-refractivity contribution is -0.116. The quantitative estimate of drug-likeness (QED) is 0.850. The number of benzene rings is 1. The van der Waals surface area contributed by atoms with Crippen molar-refractivity contribution in [3.05, 3.63) is 22.7 Å².